The average molecular weight is 318 g/mol. The number of carbonyl (C=O) groups is 1. The Morgan fingerprint density at radius 1 is 1.13 bits per heavy atom. The quantitative estimate of drug-likeness (QED) is 0.506. The molecule has 4 aromatic rings. The van der Waals surface area contributed by atoms with Crippen molar-refractivity contribution < 1.29 is 4.79 Å². The summed E-state index contributed by atoms with van der Waals surface area (Å²) in [5, 5.41) is 1.95. The van der Waals surface area contributed by atoms with E-state index in [0.717, 1.165) is 39.2 Å². The van der Waals surface area contributed by atoms with Crippen LogP contribution in [0.15, 0.2) is 60.2 Å². The van der Waals surface area contributed by atoms with Gasteiger partial charge >= 0.3 is 0 Å². The van der Waals surface area contributed by atoms with Gasteiger partial charge in [-0.15, -0.1) is 11.3 Å². The molecule has 3 nitrogen and oxygen atoms in total. The summed E-state index contributed by atoms with van der Waals surface area (Å²) >= 11 is 1.47. The maximum atomic E-state index is 11.2. The molecule has 0 unspecified atom stereocenters. The number of pyridine rings is 1. The van der Waals surface area contributed by atoms with Gasteiger partial charge in [0.1, 0.15) is 5.65 Å². The Balaban J connectivity index is 1.86. The topological polar surface area (TPSA) is 34.4 Å². The SMILES string of the molecule is Cc1ccn2c(-c3cccc(-c4ccsc4C=O)c3)cnc2c1. The average Bonchev–Trinajstić information content (AvgIpc) is 3.21. The van der Waals surface area contributed by atoms with E-state index in [1.54, 1.807) is 0 Å². The number of imidazole rings is 1. The molecule has 1 aromatic carbocycles. The highest BCUT2D eigenvalue weighted by molar-refractivity contribution is 7.12. The van der Waals surface area contributed by atoms with Crippen molar-refractivity contribution in [2.75, 3.05) is 0 Å². The molecule has 0 aliphatic rings. The first kappa shape index (κ1) is 13.9. The van der Waals surface area contributed by atoms with Crippen LogP contribution in [0, 0.1) is 6.92 Å². The summed E-state index contributed by atoms with van der Waals surface area (Å²) in [7, 11) is 0. The first-order valence-corrected chi connectivity index (χ1v) is 8.21. The summed E-state index contributed by atoms with van der Waals surface area (Å²) in [4.78, 5) is 16.4. The second kappa shape index (κ2) is 5.48. The predicted octanol–water partition coefficient (Wildman–Crippen LogP) is 4.85. The van der Waals surface area contributed by atoms with Gasteiger partial charge in [-0.3, -0.25) is 9.20 Å². The van der Waals surface area contributed by atoms with E-state index in [-0.39, 0.29) is 0 Å². The molecule has 0 atom stereocenters. The molecule has 0 amide bonds. The molecule has 0 saturated carbocycles. The van der Waals surface area contributed by atoms with E-state index in [4.69, 9.17) is 0 Å². The van der Waals surface area contributed by atoms with Gasteiger partial charge in [0.2, 0.25) is 0 Å². The molecular weight excluding hydrogens is 304 g/mol. The van der Waals surface area contributed by atoms with Gasteiger partial charge in [-0.1, -0.05) is 18.2 Å². The van der Waals surface area contributed by atoms with Gasteiger partial charge in [0.25, 0.3) is 0 Å². The van der Waals surface area contributed by atoms with Crippen LogP contribution in [-0.4, -0.2) is 15.7 Å². The predicted molar refractivity (Wildman–Crippen MR) is 94.1 cm³/mol. The molecule has 0 fully saturated rings. The van der Waals surface area contributed by atoms with E-state index in [2.05, 4.69) is 40.6 Å². The molecule has 0 radical (unpaired) electrons. The van der Waals surface area contributed by atoms with Crippen LogP contribution in [0.2, 0.25) is 0 Å². The number of rotatable bonds is 3. The molecule has 0 aliphatic heterocycles. The minimum absolute atomic E-state index is 0.760. The molecular formula is C19H14N2OS. The maximum Gasteiger partial charge on any atom is 0.160 e. The maximum absolute atomic E-state index is 11.2. The van der Waals surface area contributed by atoms with Crippen LogP contribution in [0.5, 0.6) is 0 Å². The van der Waals surface area contributed by atoms with Crippen molar-refractivity contribution in [1.29, 1.82) is 0 Å². The van der Waals surface area contributed by atoms with Crippen LogP contribution in [-0.2, 0) is 0 Å². The van der Waals surface area contributed by atoms with E-state index >= 15 is 0 Å². The van der Waals surface area contributed by atoms with Crippen LogP contribution in [0.3, 0.4) is 0 Å². The standard InChI is InChI=1S/C19H14N2OS/c1-13-5-7-21-17(11-20-19(21)9-13)15-4-2-3-14(10-15)16-6-8-23-18(16)12-22/h2-12H,1H3. The number of benzene rings is 1. The van der Waals surface area contributed by atoms with E-state index < -0.39 is 0 Å². The number of carbonyl (C=O) groups excluding carboxylic acids is 1. The number of fused-ring (bicyclic) bond motifs is 1. The van der Waals surface area contributed by atoms with Crippen LogP contribution < -0.4 is 0 Å². The smallest absolute Gasteiger partial charge is 0.160 e. The lowest BCUT2D eigenvalue weighted by Crippen LogP contribution is -1.89. The Morgan fingerprint density at radius 3 is 2.87 bits per heavy atom. The summed E-state index contributed by atoms with van der Waals surface area (Å²) in [5.74, 6) is 0. The van der Waals surface area contributed by atoms with Gasteiger partial charge < -0.3 is 0 Å². The minimum Gasteiger partial charge on any atom is -0.300 e. The molecule has 4 heteroatoms. The number of aryl methyl sites for hydroxylation is 1. The number of hydrogen-bond donors (Lipinski definition) is 0. The Morgan fingerprint density at radius 2 is 2.00 bits per heavy atom. The lowest BCUT2D eigenvalue weighted by atomic mass is 10.0. The summed E-state index contributed by atoms with van der Waals surface area (Å²) in [6, 6.07) is 14.4. The third-order valence-electron chi connectivity index (χ3n) is 3.94. The highest BCUT2D eigenvalue weighted by Gasteiger charge is 2.10. The van der Waals surface area contributed by atoms with E-state index in [1.165, 1.54) is 16.9 Å². The molecule has 0 spiro atoms. The largest absolute Gasteiger partial charge is 0.300 e. The van der Waals surface area contributed by atoms with Crippen molar-refractivity contribution in [3.8, 4) is 22.4 Å². The monoisotopic (exact) mass is 318 g/mol. The summed E-state index contributed by atoms with van der Waals surface area (Å²) in [6.45, 7) is 2.06. The van der Waals surface area contributed by atoms with Gasteiger partial charge in [-0.05, 0) is 47.7 Å². The van der Waals surface area contributed by atoms with E-state index in [1.807, 2.05) is 36.0 Å². The Labute approximate surface area is 137 Å². The molecule has 112 valence electrons. The zero-order valence-corrected chi connectivity index (χ0v) is 13.4. The van der Waals surface area contributed by atoms with Gasteiger partial charge in [-0.25, -0.2) is 4.98 Å². The lowest BCUT2D eigenvalue weighted by Gasteiger charge is -2.06. The fourth-order valence-electron chi connectivity index (χ4n) is 2.79. The number of aldehydes is 1. The number of thiophene rings is 1. The van der Waals surface area contributed by atoms with E-state index in [0.29, 0.717) is 0 Å². The lowest BCUT2D eigenvalue weighted by molar-refractivity contribution is 0.112. The fraction of sp³-hybridized carbons (Fsp3) is 0.0526. The summed E-state index contributed by atoms with van der Waals surface area (Å²) in [5.41, 5.74) is 6.29. The van der Waals surface area contributed by atoms with Crippen LogP contribution in [0.25, 0.3) is 28.0 Å². The van der Waals surface area contributed by atoms with Crippen molar-refractivity contribution in [2.24, 2.45) is 0 Å². The van der Waals surface area contributed by atoms with Crippen molar-refractivity contribution in [3.63, 3.8) is 0 Å². The van der Waals surface area contributed by atoms with E-state index in [9.17, 15) is 4.79 Å². The highest BCUT2D eigenvalue weighted by Crippen LogP contribution is 2.30. The van der Waals surface area contributed by atoms with Crippen LogP contribution in [0.1, 0.15) is 15.2 Å². The third-order valence-corrected chi connectivity index (χ3v) is 4.78. The number of aromatic nitrogens is 2. The Hall–Kier alpha value is -2.72. The van der Waals surface area contributed by atoms with Gasteiger partial charge in [0.15, 0.2) is 6.29 Å². The van der Waals surface area contributed by atoms with Crippen molar-refractivity contribution in [2.45, 2.75) is 6.92 Å². The molecule has 0 aliphatic carbocycles. The van der Waals surface area contributed by atoms with Gasteiger partial charge in [0, 0.05) is 17.3 Å². The Kier molecular flexibility index (Phi) is 3.32. The van der Waals surface area contributed by atoms with Crippen LogP contribution in [0.4, 0.5) is 0 Å². The molecule has 3 aromatic heterocycles. The molecule has 3 heterocycles. The molecule has 0 bridgehead atoms. The van der Waals surface area contributed by atoms with Crippen molar-refractivity contribution >= 4 is 23.3 Å². The zero-order valence-electron chi connectivity index (χ0n) is 12.6. The molecule has 23 heavy (non-hydrogen) atoms. The van der Waals surface area contributed by atoms with Crippen molar-refractivity contribution in [3.05, 3.63) is 70.7 Å². The molecule has 0 N–H and O–H groups in total. The zero-order chi connectivity index (χ0) is 15.8. The summed E-state index contributed by atoms with van der Waals surface area (Å²) < 4.78 is 2.08. The highest BCUT2D eigenvalue weighted by atomic mass is 32.1. The minimum atomic E-state index is 0.760. The number of nitrogens with zero attached hydrogens (tertiary/aromatic N) is 2. The molecule has 4 rings (SSSR count). The molecule has 0 saturated heterocycles. The normalized spacial score (nSPS) is 11.0. The second-order valence-electron chi connectivity index (χ2n) is 5.47. The first-order chi connectivity index (χ1) is 11.3. The van der Waals surface area contributed by atoms with Gasteiger partial charge in [-0.2, -0.15) is 0 Å². The second-order valence-corrected chi connectivity index (χ2v) is 6.42. The third kappa shape index (κ3) is 2.37. The first-order valence-electron chi connectivity index (χ1n) is 7.33. The Bertz CT molecular complexity index is 1010. The van der Waals surface area contributed by atoms with Gasteiger partial charge in [0.05, 0.1) is 16.8 Å². The fourth-order valence-corrected chi connectivity index (χ4v) is 3.51. The summed E-state index contributed by atoms with van der Waals surface area (Å²) in [6.07, 6.45) is 4.85. The number of hydrogen-bond acceptors (Lipinski definition) is 3. The van der Waals surface area contributed by atoms with Crippen molar-refractivity contribution in [1.82, 2.24) is 9.38 Å². The van der Waals surface area contributed by atoms with Crippen LogP contribution >= 0.6 is 11.3 Å².